The fourth-order valence-corrected chi connectivity index (χ4v) is 2.98. The molecule has 25 heavy (non-hydrogen) atoms. The first kappa shape index (κ1) is 19.6. The molecule has 0 bridgehead atoms. The van der Waals surface area contributed by atoms with Crippen molar-refractivity contribution in [3.8, 4) is 0 Å². The van der Waals surface area contributed by atoms with Gasteiger partial charge in [-0.15, -0.1) is 0 Å². The van der Waals surface area contributed by atoms with Crippen LogP contribution in [-0.4, -0.2) is 25.8 Å². The van der Waals surface area contributed by atoms with E-state index < -0.39 is 0 Å². The minimum Gasteiger partial charge on any atom is -0.356 e. The van der Waals surface area contributed by atoms with E-state index in [2.05, 4.69) is 10.6 Å². The van der Waals surface area contributed by atoms with Crippen LogP contribution in [0, 0.1) is 18.6 Å². The van der Waals surface area contributed by atoms with Gasteiger partial charge in [-0.3, -0.25) is 0 Å². The van der Waals surface area contributed by atoms with Crippen molar-refractivity contribution < 1.29 is 13.7 Å². The zero-order valence-electron chi connectivity index (χ0n) is 14.3. The fourth-order valence-electron chi connectivity index (χ4n) is 2.48. The Balaban J connectivity index is 2.06. The molecule has 0 fully saturated rings. The van der Waals surface area contributed by atoms with Gasteiger partial charge < -0.3 is 15.5 Å². The lowest BCUT2D eigenvalue weighted by molar-refractivity contribution is -0.890. The molecule has 0 aliphatic carbocycles. The summed E-state index contributed by atoms with van der Waals surface area (Å²) >= 11 is 11.4. The second-order valence-electron chi connectivity index (χ2n) is 6.06. The molecule has 0 radical (unpaired) electrons. The first-order valence-electron chi connectivity index (χ1n) is 7.84. The van der Waals surface area contributed by atoms with Crippen molar-refractivity contribution in [2.45, 2.75) is 13.0 Å². The van der Waals surface area contributed by atoms with Gasteiger partial charge in [0.1, 0.15) is 17.7 Å². The molecule has 0 aliphatic heterocycles. The van der Waals surface area contributed by atoms with Gasteiger partial charge in [0.15, 0.2) is 5.11 Å². The van der Waals surface area contributed by atoms with E-state index in [4.69, 9.17) is 23.8 Å². The smallest absolute Gasteiger partial charge is 0.171 e. The Morgan fingerprint density at radius 3 is 2.52 bits per heavy atom. The largest absolute Gasteiger partial charge is 0.356 e. The number of benzene rings is 2. The van der Waals surface area contributed by atoms with Crippen molar-refractivity contribution in [2.24, 2.45) is 0 Å². The number of hydrogen-bond donors (Lipinski definition) is 3. The second kappa shape index (κ2) is 8.56. The van der Waals surface area contributed by atoms with Crippen LogP contribution < -0.4 is 15.5 Å². The predicted molar refractivity (Wildman–Crippen MR) is 102 cm³/mol. The molecule has 134 valence electrons. The van der Waals surface area contributed by atoms with Crippen molar-refractivity contribution in [2.75, 3.05) is 26.0 Å². The number of halogens is 3. The number of likely N-dealkylation sites (N-methyl/N-ethyl adjacent to an activating group) is 1. The van der Waals surface area contributed by atoms with Crippen LogP contribution in [0.4, 0.5) is 14.5 Å². The molecule has 7 heteroatoms. The summed E-state index contributed by atoms with van der Waals surface area (Å²) in [5, 5.41) is 6.70. The first-order chi connectivity index (χ1) is 11.8. The average molecular weight is 385 g/mol. The fraction of sp³-hybridized carbons (Fsp3) is 0.278. The summed E-state index contributed by atoms with van der Waals surface area (Å²) < 4.78 is 27.8. The van der Waals surface area contributed by atoms with E-state index in [1.807, 2.05) is 14.1 Å². The van der Waals surface area contributed by atoms with E-state index in [-0.39, 0.29) is 17.7 Å². The molecule has 0 aromatic heterocycles. The lowest BCUT2D eigenvalue weighted by Crippen LogP contribution is -3.07. The van der Waals surface area contributed by atoms with Crippen LogP contribution in [-0.2, 0) is 0 Å². The maximum absolute atomic E-state index is 14.2. The third-order valence-electron chi connectivity index (χ3n) is 3.94. The molecule has 0 aliphatic rings. The minimum absolute atomic E-state index is 0.233. The number of aryl methyl sites for hydroxylation is 1. The highest BCUT2D eigenvalue weighted by Crippen LogP contribution is 2.24. The van der Waals surface area contributed by atoms with E-state index in [0.29, 0.717) is 33.5 Å². The molecule has 2 rings (SSSR count). The maximum atomic E-state index is 14.2. The Morgan fingerprint density at radius 2 is 1.92 bits per heavy atom. The van der Waals surface area contributed by atoms with Gasteiger partial charge in [-0.1, -0.05) is 23.7 Å². The maximum Gasteiger partial charge on any atom is 0.171 e. The molecule has 0 spiro atoms. The van der Waals surface area contributed by atoms with Crippen LogP contribution in [0.5, 0.6) is 0 Å². The van der Waals surface area contributed by atoms with E-state index in [9.17, 15) is 8.78 Å². The monoisotopic (exact) mass is 384 g/mol. The van der Waals surface area contributed by atoms with Gasteiger partial charge in [0, 0.05) is 5.69 Å². The predicted octanol–water partition coefficient (Wildman–Crippen LogP) is 3.10. The number of anilines is 1. The summed E-state index contributed by atoms with van der Waals surface area (Å²) in [6.07, 6.45) is 0. The van der Waals surface area contributed by atoms with E-state index in [0.717, 1.165) is 4.90 Å². The topological polar surface area (TPSA) is 28.5 Å². The quantitative estimate of drug-likeness (QED) is 0.692. The average Bonchev–Trinajstić information content (AvgIpc) is 2.53. The summed E-state index contributed by atoms with van der Waals surface area (Å²) in [7, 11) is 3.84. The van der Waals surface area contributed by atoms with Crippen molar-refractivity contribution in [1.82, 2.24) is 5.32 Å². The molecular formula is C18H21ClF2N3S+. The summed E-state index contributed by atoms with van der Waals surface area (Å²) in [6, 6.07) is 9.20. The molecule has 0 unspecified atom stereocenters. The second-order valence-corrected chi connectivity index (χ2v) is 6.88. The number of quaternary nitrogens is 1. The Labute approximate surface area is 157 Å². The summed E-state index contributed by atoms with van der Waals surface area (Å²) in [4.78, 5) is 1.00. The van der Waals surface area contributed by atoms with Gasteiger partial charge in [-0.25, -0.2) is 8.78 Å². The van der Waals surface area contributed by atoms with Crippen LogP contribution >= 0.6 is 23.8 Å². The number of rotatable bonds is 5. The summed E-state index contributed by atoms with van der Waals surface area (Å²) in [6.45, 7) is 2.07. The first-order valence-corrected chi connectivity index (χ1v) is 8.63. The molecule has 0 heterocycles. The molecule has 3 nitrogen and oxygen atoms in total. The minimum atomic E-state index is -0.347. The number of nitrogens with one attached hydrogen (secondary N) is 3. The highest BCUT2D eigenvalue weighted by Gasteiger charge is 2.24. The molecule has 0 amide bonds. The Kier molecular flexibility index (Phi) is 6.70. The Hall–Kier alpha value is -1.76. The van der Waals surface area contributed by atoms with Gasteiger partial charge in [0.25, 0.3) is 0 Å². The molecule has 3 N–H and O–H groups in total. The Bertz CT molecular complexity index is 748. The highest BCUT2D eigenvalue weighted by atomic mass is 35.5. The van der Waals surface area contributed by atoms with E-state index in [1.165, 1.54) is 12.1 Å². The molecule has 2 aromatic carbocycles. The van der Waals surface area contributed by atoms with Gasteiger partial charge in [0.05, 0.1) is 31.2 Å². The van der Waals surface area contributed by atoms with Crippen LogP contribution in [0.1, 0.15) is 17.2 Å². The van der Waals surface area contributed by atoms with E-state index >= 15 is 0 Å². The van der Waals surface area contributed by atoms with Crippen LogP contribution in [0.15, 0.2) is 36.4 Å². The normalized spacial score (nSPS) is 12.1. The zero-order chi connectivity index (χ0) is 18.6. The molecule has 0 saturated carbocycles. The molecule has 2 aromatic rings. The van der Waals surface area contributed by atoms with Gasteiger partial charge in [-0.05, 0) is 49.0 Å². The highest BCUT2D eigenvalue weighted by molar-refractivity contribution is 7.80. The van der Waals surface area contributed by atoms with E-state index in [1.54, 1.807) is 31.2 Å². The van der Waals surface area contributed by atoms with Crippen LogP contribution in [0.2, 0.25) is 5.02 Å². The summed E-state index contributed by atoms with van der Waals surface area (Å²) in [5.74, 6) is -0.651. The van der Waals surface area contributed by atoms with Gasteiger partial charge in [-0.2, -0.15) is 0 Å². The molecule has 1 atom stereocenters. The van der Waals surface area contributed by atoms with Crippen LogP contribution in [0.3, 0.4) is 0 Å². The van der Waals surface area contributed by atoms with Crippen molar-refractivity contribution >= 4 is 34.6 Å². The standard InChI is InChI=1S/C18H20ClF2N3S/c1-11-7-8-12(9-15(11)21)23-18(25)22-10-16(24(2)3)17-13(19)5-4-6-14(17)20/h4-9,16H,10H2,1-3H3,(H2,22,23,25)/p+1/t16-/m0/s1. The lowest BCUT2D eigenvalue weighted by Gasteiger charge is -2.24. The van der Waals surface area contributed by atoms with Crippen molar-refractivity contribution in [1.29, 1.82) is 0 Å². The van der Waals surface area contributed by atoms with Gasteiger partial charge >= 0.3 is 0 Å². The third-order valence-corrected chi connectivity index (χ3v) is 4.52. The van der Waals surface area contributed by atoms with Crippen molar-refractivity contribution in [3.63, 3.8) is 0 Å². The van der Waals surface area contributed by atoms with Gasteiger partial charge in [0.2, 0.25) is 0 Å². The molecule has 0 saturated heterocycles. The third kappa shape index (κ3) is 5.11. The summed E-state index contributed by atoms with van der Waals surface area (Å²) in [5.41, 5.74) is 1.56. The SMILES string of the molecule is Cc1ccc(NC(=S)NC[C@@H](c2c(F)cccc2Cl)[NH+](C)C)cc1F. The Morgan fingerprint density at radius 1 is 1.20 bits per heavy atom. The molecular weight excluding hydrogens is 364 g/mol. The number of hydrogen-bond acceptors (Lipinski definition) is 1. The van der Waals surface area contributed by atoms with Crippen molar-refractivity contribution in [3.05, 3.63) is 64.2 Å². The number of thiocarbonyl (C=S) groups is 1. The zero-order valence-corrected chi connectivity index (χ0v) is 15.9. The lowest BCUT2D eigenvalue weighted by atomic mass is 10.1. The van der Waals surface area contributed by atoms with Crippen LogP contribution in [0.25, 0.3) is 0 Å².